The fraction of sp³-hybridized carbons (Fsp3) is 0.750. The fourth-order valence-corrected chi connectivity index (χ4v) is 2.35. The molecule has 0 aliphatic rings. The summed E-state index contributed by atoms with van der Waals surface area (Å²) >= 11 is 3.95. The quantitative estimate of drug-likeness (QED) is 0.140. The molecule has 0 aliphatic carbocycles. The molecule has 0 aromatic heterocycles. The normalized spacial score (nSPS) is 14.1. The Hall–Kier alpha value is -1.85. The van der Waals surface area contributed by atoms with E-state index >= 15 is 0 Å². The number of rotatable bonds is 13. The highest BCUT2D eigenvalue weighted by atomic mass is 32.1. The molecule has 27 heavy (non-hydrogen) atoms. The van der Waals surface area contributed by atoms with Crippen LogP contribution in [0.15, 0.2) is 0 Å². The van der Waals surface area contributed by atoms with Crippen molar-refractivity contribution in [3.05, 3.63) is 0 Å². The van der Waals surface area contributed by atoms with Gasteiger partial charge in [-0.25, -0.2) is 0 Å². The lowest BCUT2D eigenvalue weighted by Gasteiger charge is -2.26. The maximum absolute atomic E-state index is 12.6. The van der Waals surface area contributed by atoms with E-state index < -0.39 is 48.4 Å². The zero-order chi connectivity index (χ0) is 21.0. The van der Waals surface area contributed by atoms with Crippen molar-refractivity contribution in [3.63, 3.8) is 0 Å². The minimum Gasteiger partial charge on any atom is -0.480 e. The third kappa shape index (κ3) is 10.2. The number of amides is 3. The molecule has 156 valence electrons. The van der Waals surface area contributed by atoms with E-state index in [1.807, 2.05) is 0 Å². The summed E-state index contributed by atoms with van der Waals surface area (Å²) in [4.78, 5) is 47.4. The smallest absolute Gasteiger partial charge is 0.322 e. The van der Waals surface area contributed by atoms with Gasteiger partial charge in [-0.15, -0.1) is 0 Å². The first-order valence-electron chi connectivity index (χ1n) is 8.80. The molecule has 11 heteroatoms. The molecule has 0 fully saturated rings. The van der Waals surface area contributed by atoms with Crippen molar-refractivity contribution in [1.29, 1.82) is 0 Å². The number of carbonyl (C=O) groups excluding carboxylic acids is 3. The molecule has 3 amide bonds. The van der Waals surface area contributed by atoms with Crippen LogP contribution in [0.2, 0.25) is 0 Å². The standard InChI is InChI=1S/C16H31N5O5S/c1-9(2)13(21-14(24)10(18)8-27)16(26)20-11(5-3-4-6-17)15(25)19-7-12(22)23/h9-11,13,27H,3-8,17-18H2,1-2H3,(H,19,25)(H,20,26)(H,21,24)(H,22,23). The van der Waals surface area contributed by atoms with Gasteiger partial charge in [-0.2, -0.15) is 12.6 Å². The van der Waals surface area contributed by atoms with Gasteiger partial charge in [0.05, 0.1) is 6.04 Å². The van der Waals surface area contributed by atoms with Crippen LogP contribution in [0, 0.1) is 5.92 Å². The Morgan fingerprint density at radius 3 is 2.15 bits per heavy atom. The van der Waals surface area contributed by atoms with E-state index in [1.165, 1.54) is 0 Å². The van der Waals surface area contributed by atoms with E-state index in [9.17, 15) is 19.2 Å². The Kier molecular flexibility index (Phi) is 12.4. The van der Waals surface area contributed by atoms with Crippen molar-refractivity contribution in [2.24, 2.45) is 17.4 Å². The summed E-state index contributed by atoms with van der Waals surface area (Å²) in [5.41, 5.74) is 11.1. The van der Waals surface area contributed by atoms with E-state index in [2.05, 4.69) is 28.6 Å². The van der Waals surface area contributed by atoms with Crippen LogP contribution >= 0.6 is 12.6 Å². The van der Waals surface area contributed by atoms with Gasteiger partial charge in [0.2, 0.25) is 17.7 Å². The first-order chi connectivity index (χ1) is 12.6. The number of hydrogen-bond acceptors (Lipinski definition) is 7. The van der Waals surface area contributed by atoms with Gasteiger partial charge in [0, 0.05) is 5.75 Å². The fourth-order valence-electron chi connectivity index (χ4n) is 2.19. The molecule has 0 saturated heterocycles. The second-order valence-electron chi connectivity index (χ2n) is 6.48. The summed E-state index contributed by atoms with van der Waals surface area (Å²) < 4.78 is 0. The van der Waals surface area contributed by atoms with Crippen molar-refractivity contribution >= 4 is 36.3 Å². The third-order valence-corrected chi connectivity index (χ3v) is 4.17. The highest BCUT2D eigenvalue weighted by molar-refractivity contribution is 7.80. The first kappa shape index (κ1) is 25.1. The summed E-state index contributed by atoms with van der Waals surface area (Å²) in [6.45, 7) is 3.36. The Balaban J connectivity index is 5.08. The van der Waals surface area contributed by atoms with Crippen molar-refractivity contribution in [2.75, 3.05) is 18.8 Å². The first-order valence-corrected chi connectivity index (χ1v) is 9.44. The molecule has 8 N–H and O–H groups in total. The molecular weight excluding hydrogens is 374 g/mol. The van der Waals surface area contributed by atoms with Gasteiger partial charge in [-0.3, -0.25) is 19.2 Å². The van der Waals surface area contributed by atoms with Crippen LogP contribution in [-0.4, -0.2) is 65.8 Å². The second kappa shape index (κ2) is 13.3. The molecule has 0 heterocycles. The van der Waals surface area contributed by atoms with Crippen molar-refractivity contribution in [2.45, 2.75) is 51.2 Å². The number of carboxylic acid groups (broad SMARTS) is 1. The molecule has 10 nitrogen and oxygen atoms in total. The Labute approximate surface area is 164 Å². The van der Waals surface area contributed by atoms with E-state index in [-0.39, 0.29) is 11.7 Å². The number of aliphatic carboxylic acids is 1. The average molecular weight is 406 g/mol. The van der Waals surface area contributed by atoms with Gasteiger partial charge in [-0.1, -0.05) is 13.8 Å². The topological polar surface area (TPSA) is 177 Å². The van der Waals surface area contributed by atoms with Crippen molar-refractivity contribution in [3.8, 4) is 0 Å². The van der Waals surface area contributed by atoms with Crippen LogP contribution in [0.5, 0.6) is 0 Å². The molecule has 0 radical (unpaired) electrons. The second-order valence-corrected chi connectivity index (χ2v) is 6.84. The summed E-state index contributed by atoms with van der Waals surface area (Å²) in [6, 6.07) is -2.69. The van der Waals surface area contributed by atoms with Gasteiger partial charge in [0.1, 0.15) is 18.6 Å². The predicted octanol–water partition coefficient (Wildman–Crippen LogP) is -1.80. The van der Waals surface area contributed by atoms with Crippen LogP contribution in [0.1, 0.15) is 33.1 Å². The zero-order valence-electron chi connectivity index (χ0n) is 15.7. The Bertz CT molecular complexity index is 517. The Morgan fingerprint density at radius 2 is 1.67 bits per heavy atom. The summed E-state index contributed by atoms with van der Waals surface area (Å²) in [5, 5.41) is 16.1. The maximum Gasteiger partial charge on any atom is 0.322 e. The predicted molar refractivity (Wildman–Crippen MR) is 104 cm³/mol. The number of nitrogens with one attached hydrogen (secondary N) is 3. The SMILES string of the molecule is CC(C)C(NC(=O)C(N)CS)C(=O)NC(CCCCN)C(=O)NCC(=O)O. The van der Waals surface area contributed by atoms with E-state index in [0.29, 0.717) is 25.8 Å². The average Bonchev–Trinajstić information content (AvgIpc) is 2.61. The number of unbranched alkanes of at least 4 members (excludes halogenated alkanes) is 1. The lowest BCUT2D eigenvalue weighted by atomic mass is 10.0. The zero-order valence-corrected chi connectivity index (χ0v) is 16.6. The van der Waals surface area contributed by atoms with Gasteiger partial charge < -0.3 is 32.5 Å². The summed E-state index contributed by atoms with van der Waals surface area (Å²) in [6.07, 6.45) is 1.52. The summed E-state index contributed by atoms with van der Waals surface area (Å²) in [7, 11) is 0. The maximum atomic E-state index is 12.6. The van der Waals surface area contributed by atoms with Crippen molar-refractivity contribution in [1.82, 2.24) is 16.0 Å². The number of carboxylic acids is 1. The molecule has 0 aromatic carbocycles. The van der Waals surface area contributed by atoms with Crippen LogP contribution in [0.3, 0.4) is 0 Å². The van der Waals surface area contributed by atoms with Crippen LogP contribution in [0.25, 0.3) is 0 Å². The number of thiol groups is 1. The van der Waals surface area contributed by atoms with E-state index in [0.717, 1.165) is 0 Å². The molecule has 0 saturated carbocycles. The molecule has 0 rings (SSSR count). The Morgan fingerprint density at radius 1 is 1.04 bits per heavy atom. The minimum absolute atomic E-state index is 0.123. The van der Waals surface area contributed by atoms with E-state index in [4.69, 9.17) is 16.6 Å². The molecule has 0 aromatic rings. The number of nitrogens with two attached hydrogens (primary N) is 2. The molecule has 0 spiro atoms. The third-order valence-electron chi connectivity index (χ3n) is 3.77. The molecule has 3 atom stereocenters. The van der Waals surface area contributed by atoms with Gasteiger partial charge in [-0.05, 0) is 31.7 Å². The minimum atomic E-state index is -1.19. The molecule has 0 bridgehead atoms. The van der Waals surface area contributed by atoms with Crippen LogP contribution < -0.4 is 27.4 Å². The lowest BCUT2D eigenvalue weighted by molar-refractivity contribution is -0.138. The van der Waals surface area contributed by atoms with Crippen LogP contribution in [-0.2, 0) is 19.2 Å². The number of hydrogen-bond donors (Lipinski definition) is 7. The van der Waals surface area contributed by atoms with Crippen LogP contribution in [0.4, 0.5) is 0 Å². The highest BCUT2D eigenvalue weighted by Crippen LogP contribution is 2.06. The van der Waals surface area contributed by atoms with E-state index in [1.54, 1.807) is 13.8 Å². The monoisotopic (exact) mass is 405 g/mol. The lowest BCUT2D eigenvalue weighted by Crippen LogP contribution is -2.57. The molecular formula is C16H31N5O5S. The van der Waals surface area contributed by atoms with Gasteiger partial charge in [0.15, 0.2) is 0 Å². The van der Waals surface area contributed by atoms with Gasteiger partial charge in [0.25, 0.3) is 0 Å². The highest BCUT2D eigenvalue weighted by Gasteiger charge is 2.29. The molecule has 3 unspecified atom stereocenters. The largest absolute Gasteiger partial charge is 0.480 e. The van der Waals surface area contributed by atoms with Gasteiger partial charge >= 0.3 is 5.97 Å². The van der Waals surface area contributed by atoms with Crippen molar-refractivity contribution < 1.29 is 24.3 Å². The molecule has 0 aliphatic heterocycles. The number of carbonyl (C=O) groups is 4. The summed E-state index contributed by atoms with van der Waals surface area (Å²) in [5.74, 6) is -3.00.